The molecule has 1 fully saturated rings. The number of carbonyl (C=O) groups excluding carboxylic acids is 2. The number of carboxylic acids is 2. The van der Waals surface area contributed by atoms with Gasteiger partial charge in [0, 0.05) is 5.69 Å². The number of halogens is 1. The van der Waals surface area contributed by atoms with Crippen molar-refractivity contribution in [1.82, 2.24) is 0 Å². The Morgan fingerprint density at radius 2 is 1.67 bits per heavy atom. The van der Waals surface area contributed by atoms with Gasteiger partial charge in [-0.25, -0.2) is 18.9 Å². The number of aromatic carboxylic acids is 2. The number of nitrogens with zero attached hydrogens (tertiary/aromatic N) is 1. The number of benzene rings is 2. The molecule has 2 amide bonds. The molecule has 1 aliphatic heterocycles. The zero-order valence-corrected chi connectivity index (χ0v) is 13.7. The first-order valence-electron chi connectivity index (χ1n) is 7.77. The highest BCUT2D eigenvalue weighted by Gasteiger charge is 2.40. The Bertz CT molecular complexity index is 942. The molecule has 27 heavy (non-hydrogen) atoms. The molecule has 0 aromatic heterocycles. The van der Waals surface area contributed by atoms with Crippen molar-refractivity contribution in [1.29, 1.82) is 0 Å². The summed E-state index contributed by atoms with van der Waals surface area (Å²) in [6.45, 7) is 0. The molecule has 1 atom stereocenters. The number of carbonyl (C=O) groups is 4. The largest absolute Gasteiger partial charge is 0.478 e. The fourth-order valence-electron chi connectivity index (χ4n) is 2.78. The third-order valence-corrected chi connectivity index (χ3v) is 3.98. The van der Waals surface area contributed by atoms with Gasteiger partial charge in [0.1, 0.15) is 11.9 Å². The summed E-state index contributed by atoms with van der Waals surface area (Å²) >= 11 is 0. The Kier molecular flexibility index (Phi) is 4.59. The average Bonchev–Trinajstić information content (AvgIpc) is 2.88. The van der Waals surface area contributed by atoms with Gasteiger partial charge in [-0.3, -0.25) is 9.59 Å². The van der Waals surface area contributed by atoms with E-state index in [0.717, 1.165) is 29.2 Å². The molecule has 2 aromatic carbocycles. The number of carboxylic acid groups (broad SMARTS) is 2. The molecule has 0 aliphatic carbocycles. The summed E-state index contributed by atoms with van der Waals surface area (Å²) in [7, 11) is 0. The van der Waals surface area contributed by atoms with Crippen molar-refractivity contribution in [3.8, 4) is 0 Å². The molecule has 1 aliphatic rings. The maximum Gasteiger partial charge on any atom is 0.335 e. The summed E-state index contributed by atoms with van der Waals surface area (Å²) in [6.07, 6.45) is -0.241. The van der Waals surface area contributed by atoms with Crippen molar-refractivity contribution in [2.45, 2.75) is 12.5 Å². The monoisotopic (exact) mass is 372 g/mol. The molecular weight excluding hydrogens is 359 g/mol. The van der Waals surface area contributed by atoms with E-state index in [2.05, 4.69) is 5.32 Å². The third kappa shape index (κ3) is 3.61. The Hall–Kier alpha value is -3.75. The van der Waals surface area contributed by atoms with Crippen molar-refractivity contribution < 1.29 is 33.8 Å². The lowest BCUT2D eigenvalue weighted by molar-refractivity contribution is -0.121. The molecule has 0 bridgehead atoms. The van der Waals surface area contributed by atoms with E-state index in [4.69, 9.17) is 10.2 Å². The van der Waals surface area contributed by atoms with Crippen LogP contribution in [-0.2, 0) is 9.59 Å². The van der Waals surface area contributed by atoms with Gasteiger partial charge in [-0.1, -0.05) is 6.07 Å². The standard InChI is InChI=1S/C18H13FN2O6/c19-11-2-1-3-12(7-11)20-14-8-15(22)21(16(14)23)13-5-9(17(24)25)4-10(6-13)18(26)27/h1-7,14,20H,8H2,(H,24,25)(H,26,27). The lowest BCUT2D eigenvalue weighted by Gasteiger charge is -2.17. The lowest BCUT2D eigenvalue weighted by atomic mass is 10.1. The molecule has 3 rings (SSSR count). The summed E-state index contributed by atoms with van der Waals surface area (Å²) in [5.74, 6) is -4.63. The van der Waals surface area contributed by atoms with E-state index in [1.165, 1.54) is 18.2 Å². The SMILES string of the molecule is O=C(O)c1cc(C(=O)O)cc(N2C(=O)CC(Nc3cccc(F)c3)C2=O)c1. The highest BCUT2D eigenvalue weighted by atomic mass is 19.1. The fourth-order valence-corrected chi connectivity index (χ4v) is 2.78. The number of anilines is 2. The Labute approximate surface area is 151 Å². The number of hydrogen-bond donors (Lipinski definition) is 3. The normalized spacial score (nSPS) is 16.5. The molecule has 0 spiro atoms. The Morgan fingerprint density at radius 1 is 1.04 bits per heavy atom. The van der Waals surface area contributed by atoms with Gasteiger partial charge < -0.3 is 15.5 Å². The zero-order chi connectivity index (χ0) is 19.7. The van der Waals surface area contributed by atoms with Crippen molar-refractivity contribution in [3.05, 3.63) is 59.4 Å². The van der Waals surface area contributed by atoms with Crippen LogP contribution in [-0.4, -0.2) is 40.0 Å². The third-order valence-electron chi connectivity index (χ3n) is 3.98. The minimum absolute atomic E-state index is 0.147. The van der Waals surface area contributed by atoms with Crippen LogP contribution in [0.15, 0.2) is 42.5 Å². The van der Waals surface area contributed by atoms with E-state index >= 15 is 0 Å². The fraction of sp³-hybridized carbons (Fsp3) is 0.111. The van der Waals surface area contributed by atoms with E-state index in [-0.39, 0.29) is 23.2 Å². The summed E-state index contributed by atoms with van der Waals surface area (Å²) in [6, 6.07) is 7.40. The van der Waals surface area contributed by atoms with E-state index in [1.807, 2.05) is 0 Å². The molecule has 1 unspecified atom stereocenters. The van der Waals surface area contributed by atoms with Gasteiger partial charge in [0.15, 0.2) is 0 Å². The number of rotatable bonds is 5. The predicted octanol–water partition coefficient (Wildman–Crippen LogP) is 1.97. The van der Waals surface area contributed by atoms with Gasteiger partial charge >= 0.3 is 11.9 Å². The van der Waals surface area contributed by atoms with Crippen LogP contribution in [0.2, 0.25) is 0 Å². The zero-order valence-electron chi connectivity index (χ0n) is 13.7. The molecular formula is C18H13FN2O6. The first-order chi connectivity index (χ1) is 12.8. The van der Waals surface area contributed by atoms with E-state index < -0.39 is 35.6 Å². The van der Waals surface area contributed by atoms with Gasteiger partial charge in [0.25, 0.3) is 5.91 Å². The Morgan fingerprint density at radius 3 is 2.22 bits per heavy atom. The number of amides is 2. The van der Waals surface area contributed by atoms with Crippen LogP contribution < -0.4 is 10.2 Å². The smallest absolute Gasteiger partial charge is 0.335 e. The van der Waals surface area contributed by atoms with Gasteiger partial charge in [-0.15, -0.1) is 0 Å². The topological polar surface area (TPSA) is 124 Å². The lowest BCUT2D eigenvalue weighted by Crippen LogP contribution is -2.35. The van der Waals surface area contributed by atoms with Crippen LogP contribution >= 0.6 is 0 Å². The predicted molar refractivity (Wildman–Crippen MR) is 91.3 cm³/mol. The van der Waals surface area contributed by atoms with Crippen LogP contribution in [0.25, 0.3) is 0 Å². The van der Waals surface area contributed by atoms with Crippen LogP contribution in [0.4, 0.5) is 15.8 Å². The van der Waals surface area contributed by atoms with Crippen molar-refractivity contribution in [2.75, 3.05) is 10.2 Å². The second-order valence-corrected chi connectivity index (χ2v) is 5.86. The summed E-state index contributed by atoms with van der Waals surface area (Å²) in [4.78, 5) is 48.1. The first kappa shape index (κ1) is 18.1. The molecule has 9 heteroatoms. The highest BCUT2D eigenvalue weighted by molar-refractivity contribution is 6.23. The number of nitrogens with one attached hydrogen (secondary N) is 1. The highest BCUT2D eigenvalue weighted by Crippen LogP contribution is 2.27. The van der Waals surface area contributed by atoms with Crippen LogP contribution in [0.5, 0.6) is 0 Å². The summed E-state index contributed by atoms with van der Waals surface area (Å²) in [5.41, 5.74) is -0.585. The maximum absolute atomic E-state index is 13.3. The molecule has 0 saturated carbocycles. The van der Waals surface area contributed by atoms with Crippen LogP contribution in [0, 0.1) is 5.82 Å². The van der Waals surface area contributed by atoms with Crippen molar-refractivity contribution in [2.24, 2.45) is 0 Å². The van der Waals surface area contributed by atoms with E-state index in [1.54, 1.807) is 0 Å². The molecule has 138 valence electrons. The Balaban J connectivity index is 1.93. The number of imide groups is 1. The van der Waals surface area contributed by atoms with E-state index in [9.17, 15) is 23.6 Å². The first-order valence-corrected chi connectivity index (χ1v) is 7.77. The molecule has 8 nitrogen and oxygen atoms in total. The molecule has 3 N–H and O–H groups in total. The van der Waals surface area contributed by atoms with Gasteiger partial charge in [-0.2, -0.15) is 0 Å². The van der Waals surface area contributed by atoms with Gasteiger partial charge in [0.2, 0.25) is 5.91 Å². The van der Waals surface area contributed by atoms with Crippen LogP contribution in [0.1, 0.15) is 27.1 Å². The average molecular weight is 372 g/mol. The summed E-state index contributed by atoms with van der Waals surface area (Å²) in [5, 5.41) is 21.0. The molecule has 2 aromatic rings. The quantitative estimate of drug-likeness (QED) is 0.686. The number of hydrogen-bond acceptors (Lipinski definition) is 5. The molecule has 0 radical (unpaired) electrons. The van der Waals surface area contributed by atoms with E-state index in [0.29, 0.717) is 5.69 Å². The minimum atomic E-state index is -1.40. The second kappa shape index (κ2) is 6.87. The van der Waals surface area contributed by atoms with Crippen molar-refractivity contribution in [3.63, 3.8) is 0 Å². The van der Waals surface area contributed by atoms with Crippen LogP contribution in [0.3, 0.4) is 0 Å². The van der Waals surface area contributed by atoms with Crippen molar-refractivity contribution >= 4 is 35.1 Å². The maximum atomic E-state index is 13.3. The van der Waals surface area contributed by atoms with Gasteiger partial charge in [0.05, 0.1) is 23.2 Å². The molecule has 1 saturated heterocycles. The van der Waals surface area contributed by atoms with Gasteiger partial charge in [-0.05, 0) is 36.4 Å². The minimum Gasteiger partial charge on any atom is -0.478 e. The molecule has 1 heterocycles. The second-order valence-electron chi connectivity index (χ2n) is 5.86. The summed E-state index contributed by atoms with van der Waals surface area (Å²) < 4.78 is 13.3.